The standard InChI is InChI=1S/C12H22N2O3.ClH/c1-12(2)9-14(4-6-17-12)11(15)7-10-8-13-3-5-16-10;/h10,13H,3-9H2,1-2H3;1H. The van der Waals surface area contributed by atoms with Gasteiger partial charge >= 0.3 is 0 Å². The molecule has 1 N–H and O–H groups in total. The smallest absolute Gasteiger partial charge is 0.225 e. The van der Waals surface area contributed by atoms with E-state index in [1.807, 2.05) is 18.7 Å². The molecule has 2 fully saturated rings. The molecule has 106 valence electrons. The lowest BCUT2D eigenvalue weighted by Crippen LogP contribution is -2.52. The fraction of sp³-hybridized carbons (Fsp3) is 0.917. The minimum absolute atomic E-state index is 0. The van der Waals surface area contributed by atoms with Crippen LogP contribution in [-0.2, 0) is 14.3 Å². The summed E-state index contributed by atoms with van der Waals surface area (Å²) >= 11 is 0. The zero-order valence-electron chi connectivity index (χ0n) is 11.1. The van der Waals surface area contributed by atoms with Gasteiger partial charge in [0.05, 0.1) is 31.3 Å². The van der Waals surface area contributed by atoms with Crippen molar-refractivity contribution in [2.75, 3.05) is 39.4 Å². The largest absolute Gasteiger partial charge is 0.375 e. The molecule has 6 heteroatoms. The molecular formula is C12H23ClN2O3. The molecule has 2 aliphatic rings. The van der Waals surface area contributed by atoms with E-state index in [2.05, 4.69) is 5.32 Å². The number of morpholine rings is 2. The Morgan fingerprint density at radius 1 is 1.44 bits per heavy atom. The number of nitrogens with one attached hydrogen (secondary N) is 1. The van der Waals surface area contributed by atoms with Crippen LogP contribution in [0.3, 0.4) is 0 Å². The third-order valence-electron chi connectivity index (χ3n) is 3.19. The summed E-state index contributed by atoms with van der Waals surface area (Å²) in [5.41, 5.74) is -0.223. The van der Waals surface area contributed by atoms with Crippen LogP contribution in [0.2, 0.25) is 0 Å². The molecule has 0 aromatic carbocycles. The van der Waals surface area contributed by atoms with E-state index in [1.54, 1.807) is 0 Å². The van der Waals surface area contributed by atoms with Gasteiger partial charge in [-0.1, -0.05) is 0 Å². The zero-order valence-corrected chi connectivity index (χ0v) is 11.9. The summed E-state index contributed by atoms with van der Waals surface area (Å²) in [5.74, 6) is 0.176. The number of hydrogen-bond donors (Lipinski definition) is 1. The SMILES string of the molecule is CC1(C)CN(C(=O)CC2CNCCO2)CCO1.Cl. The van der Waals surface area contributed by atoms with Gasteiger partial charge in [-0.2, -0.15) is 0 Å². The summed E-state index contributed by atoms with van der Waals surface area (Å²) in [6, 6.07) is 0. The van der Waals surface area contributed by atoms with Crippen LogP contribution in [0.1, 0.15) is 20.3 Å². The van der Waals surface area contributed by atoms with Gasteiger partial charge in [0.1, 0.15) is 0 Å². The first-order chi connectivity index (χ1) is 8.07. The summed E-state index contributed by atoms with van der Waals surface area (Å²) in [6.07, 6.45) is 0.505. The second kappa shape index (κ2) is 6.70. The Morgan fingerprint density at radius 2 is 2.22 bits per heavy atom. The number of carbonyl (C=O) groups excluding carboxylic acids is 1. The molecule has 2 saturated heterocycles. The number of halogens is 1. The highest BCUT2D eigenvalue weighted by molar-refractivity contribution is 5.85. The van der Waals surface area contributed by atoms with Crippen LogP contribution in [0.4, 0.5) is 0 Å². The van der Waals surface area contributed by atoms with E-state index in [9.17, 15) is 4.79 Å². The Bertz CT molecular complexity index is 280. The summed E-state index contributed by atoms with van der Waals surface area (Å²) in [7, 11) is 0. The second-order valence-electron chi connectivity index (χ2n) is 5.32. The van der Waals surface area contributed by atoms with Crippen LogP contribution in [0.5, 0.6) is 0 Å². The van der Waals surface area contributed by atoms with Crippen molar-refractivity contribution in [3.8, 4) is 0 Å². The van der Waals surface area contributed by atoms with Gasteiger partial charge in [0, 0.05) is 26.2 Å². The lowest BCUT2D eigenvalue weighted by atomic mass is 10.1. The average Bonchev–Trinajstić information content (AvgIpc) is 2.29. The molecule has 1 unspecified atom stereocenters. The number of amides is 1. The fourth-order valence-corrected chi connectivity index (χ4v) is 2.30. The molecule has 0 spiro atoms. The van der Waals surface area contributed by atoms with Crippen LogP contribution in [0.25, 0.3) is 0 Å². The third kappa shape index (κ3) is 4.39. The van der Waals surface area contributed by atoms with Gasteiger partial charge in [-0.25, -0.2) is 0 Å². The van der Waals surface area contributed by atoms with Crippen molar-refractivity contribution < 1.29 is 14.3 Å². The predicted octanol–water partition coefficient (Wildman–Crippen LogP) is 0.424. The molecule has 5 nitrogen and oxygen atoms in total. The minimum atomic E-state index is -0.223. The van der Waals surface area contributed by atoms with Crippen LogP contribution in [0.15, 0.2) is 0 Å². The van der Waals surface area contributed by atoms with Gasteiger partial charge in [-0.15, -0.1) is 12.4 Å². The first-order valence-electron chi connectivity index (χ1n) is 6.31. The van der Waals surface area contributed by atoms with Crippen LogP contribution >= 0.6 is 12.4 Å². The van der Waals surface area contributed by atoms with Crippen LogP contribution in [-0.4, -0.2) is 61.9 Å². The normalized spacial score (nSPS) is 27.4. The number of nitrogens with zero attached hydrogens (tertiary/aromatic N) is 1. The molecule has 1 amide bonds. The molecule has 2 heterocycles. The van der Waals surface area contributed by atoms with Gasteiger partial charge in [-0.3, -0.25) is 4.79 Å². The van der Waals surface area contributed by atoms with E-state index in [1.165, 1.54) is 0 Å². The van der Waals surface area contributed by atoms with E-state index in [-0.39, 0.29) is 30.0 Å². The van der Waals surface area contributed by atoms with E-state index in [4.69, 9.17) is 9.47 Å². The monoisotopic (exact) mass is 278 g/mol. The number of rotatable bonds is 2. The van der Waals surface area contributed by atoms with Gasteiger partial charge in [-0.05, 0) is 13.8 Å². The number of hydrogen-bond acceptors (Lipinski definition) is 4. The lowest BCUT2D eigenvalue weighted by molar-refractivity contribution is -0.149. The van der Waals surface area contributed by atoms with Gasteiger partial charge in [0.25, 0.3) is 0 Å². The van der Waals surface area contributed by atoms with Gasteiger partial charge in [0.15, 0.2) is 0 Å². The Labute approximate surface area is 115 Å². The molecule has 2 aliphatic heterocycles. The topological polar surface area (TPSA) is 50.8 Å². The molecule has 1 atom stereocenters. The summed E-state index contributed by atoms with van der Waals surface area (Å²) in [4.78, 5) is 14.0. The highest BCUT2D eigenvalue weighted by Gasteiger charge is 2.31. The molecular weight excluding hydrogens is 256 g/mol. The van der Waals surface area contributed by atoms with Crippen molar-refractivity contribution >= 4 is 18.3 Å². The summed E-state index contributed by atoms with van der Waals surface area (Å²) in [5, 5.41) is 3.24. The molecule has 0 radical (unpaired) electrons. The Balaban J connectivity index is 0.00000162. The van der Waals surface area contributed by atoms with Gasteiger partial charge in [0.2, 0.25) is 5.91 Å². The molecule has 0 saturated carbocycles. The molecule has 0 aromatic heterocycles. The second-order valence-corrected chi connectivity index (χ2v) is 5.32. The maximum Gasteiger partial charge on any atom is 0.225 e. The first kappa shape index (κ1) is 15.7. The lowest BCUT2D eigenvalue weighted by Gasteiger charge is -2.38. The van der Waals surface area contributed by atoms with E-state index < -0.39 is 0 Å². The number of ether oxygens (including phenoxy) is 2. The Morgan fingerprint density at radius 3 is 2.83 bits per heavy atom. The van der Waals surface area contributed by atoms with E-state index in [0.29, 0.717) is 32.7 Å². The molecule has 18 heavy (non-hydrogen) atoms. The van der Waals surface area contributed by atoms with Crippen molar-refractivity contribution in [1.29, 1.82) is 0 Å². The van der Waals surface area contributed by atoms with Crippen molar-refractivity contribution in [3.05, 3.63) is 0 Å². The average molecular weight is 279 g/mol. The molecule has 0 aliphatic carbocycles. The summed E-state index contributed by atoms with van der Waals surface area (Å²) < 4.78 is 11.1. The highest BCUT2D eigenvalue weighted by atomic mass is 35.5. The van der Waals surface area contributed by atoms with Crippen molar-refractivity contribution in [3.63, 3.8) is 0 Å². The van der Waals surface area contributed by atoms with Crippen LogP contribution in [0, 0.1) is 0 Å². The Kier molecular flexibility index (Phi) is 5.85. The zero-order chi connectivity index (χ0) is 12.3. The number of carbonyl (C=O) groups is 1. The quantitative estimate of drug-likeness (QED) is 0.796. The molecule has 0 bridgehead atoms. The minimum Gasteiger partial charge on any atom is -0.375 e. The highest BCUT2D eigenvalue weighted by Crippen LogP contribution is 2.17. The summed E-state index contributed by atoms with van der Waals surface area (Å²) in [6.45, 7) is 8.40. The van der Waals surface area contributed by atoms with E-state index in [0.717, 1.165) is 13.1 Å². The van der Waals surface area contributed by atoms with Crippen LogP contribution < -0.4 is 5.32 Å². The Hall–Kier alpha value is -0.360. The first-order valence-corrected chi connectivity index (χ1v) is 6.31. The van der Waals surface area contributed by atoms with Crippen molar-refractivity contribution in [1.82, 2.24) is 10.2 Å². The maximum atomic E-state index is 12.1. The van der Waals surface area contributed by atoms with E-state index >= 15 is 0 Å². The van der Waals surface area contributed by atoms with Crippen molar-refractivity contribution in [2.45, 2.75) is 32.0 Å². The molecule has 0 aromatic rings. The fourth-order valence-electron chi connectivity index (χ4n) is 2.30. The third-order valence-corrected chi connectivity index (χ3v) is 3.19. The predicted molar refractivity (Wildman–Crippen MR) is 71.1 cm³/mol. The van der Waals surface area contributed by atoms with Gasteiger partial charge < -0.3 is 19.7 Å². The maximum absolute atomic E-state index is 12.1. The van der Waals surface area contributed by atoms with Crippen molar-refractivity contribution in [2.24, 2.45) is 0 Å². The molecule has 2 rings (SSSR count).